The van der Waals surface area contributed by atoms with Crippen LogP contribution in [0.2, 0.25) is 0 Å². The second-order valence-electron chi connectivity index (χ2n) is 5.65. The van der Waals surface area contributed by atoms with Crippen LogP contribution in [-0.2, 0) is 4.79 Å². The summed E-state index contributed by atoms with van der Waals surface area (Å²) in [5.41, 5.74) is 2.02. The molecule has 3 N–H and O–H groups in total. The summed E-state index contributed by atoms with van der Waals surface area (Å²) in [4.78, 5) is 24.4. The second-order valence-corrected chi connectivity index (χ2v) is 5.65. The highest BCUT2D eigenvalue weighted by Crippen LogP contribution is 2.36. The number of carbonyl (C=O) groups is 1. The van der Waals surface area contributed by atoms with Crippen LogP contribution in [0.3, 0.4) is 0 Å². The van der Waals surface area contributed by atoms with E-state index in [0.717, 1.165) is 5.69 Å². The molecule has 0 bridgehead atoms. The van der Waals surface area contributed by atoms with Crippen LogP contribution in [-0.4, -0.2) is 25.7 Å². The van der Waals surface area contributed by atoms with Crippen LogP contribution in [0.15, 0.2) is 67.5 Å². The van der Waals surface area contributed by atoms with Gasteiger partial charge in [-0.25, -0.2) is 9.67 Å². The third-order valence-corrected chi connectivity index (χ3v) is 4.06. The molecule has 124 valence electrons. The lowest BCUT2D eigenvalue weighted by Crippen LogP contribution is -2.41. The lowest BCUT2D eigenvalue weighted by Gasteiger charge is -2.31. The quantitative estimate of drug-likeness (QED) is 0.751. The van der Waals surface area contributed by atoms with E-state index in [4.69, 9.17) is 0 Å². The molecule has 0 fully saturated rings. The van der Waals surface area contributed by atoms with E-state index in [0.29, 0.717) is 17.3 Å². The maximum Gasteiger partial charge on any atom is 0.236 e. The Hall–Kier alpha value is -3.55. The predicted octanol–water partition coefficient (Wildman–Crippen LogP) is 1.27. The third kappa shape index (κ3) is 2.74. The minimum absolute atomic E-state index is 0.200. The van der Waals surface area contributed by atoms with Gasteiger partial charge in [-0.3, -0.25) is 9.78 Å². The molecule has 3 aromatic rings. The number of hydrogen-bond donors (Lipinski definition) is 2. The summed E-state index contributed by atoms with van der Waals surface area (Å²) in [6, 6.07) is 8.87. The molecule has 3 aromatic heterocycles. The van der Waals surface area contributed by atoms with Crippen molar-refractivity contribution < 1.29 is 9.78 Å². The van der Waals surface area contributed by atoms with Crippen LogP contribution < -0.4 is 15.6 Å². The largest absolute Gasteiger partial charge is 0.328 e. The third-order valence-electron chi connectivity index (χ3n) is 4.06. The van der Waals surface area contributed by atoms with Crippen molar-refractivity contribution in [3.8, 4) is 0 Å². The van der Waals surface area contributed by atoms with Crippen LogP contribution in [0.5, 0.6) is 0 Å². The van der Waals surface area contributed by atoms with Gasteiger partial charge in [-0.15, -0.1) is 0 Å². The Morgan fingerprint density at radius 2 is 2.24 bits per heavy atom. The average molecular weight is 334 g/mol. The summed E-state index contributed by atoms with van der Waals surface area (Å²) >= 11 is 0. The van der Waals surface area contributed by atoms with Gasteiger partial charge < -0.3 is 10.6 Å². The number of carbonyl (C=O) groups excluding carboxylic acids is 1. The van der Waals surface area contributed by atoms with E-state index >= 15 is 0 Å². The fourth-order valence-corrected chi connectivity index (χ4v) is 2.96. The number of anilines is 2. The summed E-state index contributed by atoms with van der Waals surface area (Å²) in [7, 11) is 0. The van der Waals surface area contributed by atoms with Gasteiger partial charge in [0, 0.05) is 24.0 Å². The number of H-pyrrole nitrogens is 1. The standard InChI is InChI=1S/C17H15N7O/c1-11-14(16(25)23-12-5-4-7-18-9-12)15(13-6-2-3-8-19-13)24-17(22-11)20-10-21-24/h2-10,14-15H,1H2,(H,23,25)(H,20,21,22)/p+1. The van der Waals surface area contributed by atoms with Crippen molar-refractivity contribution in [2.75, 3.05) is 10.6 Å². The highest BCUT2D eigenvalue weighted by Gasteiger charge is 2.42. The molecule has 0 spiro atoms. The van der Waals surface area contributed by atoms with Crippen molar-refractivity contribution >= 4 is 17.5 Å². The van der Waals surface area contributed by atoms with Gasteiger partial charge >= 0.3 is 0 Å². The molecular weight excluding hydrogens is 318 g/mol. The van der Waals surface area contributed by atoms with Crippen LogP contribution in [0, 0.1) is 5.92 Å². The number of rotatable bonds is 3. The first kappa shape index (κ1) is 15.0. The molecule has 2 atom stereocenters. The van der Waals surface area contributed by atoms with Crippen molar-refractivity contribution in [1.29, 1.82) is 0 Å². The molecule has 4 rings (SSSR count). The number of fused-ring (bicyclic) bond motifs is 1. The zero-order chi connectivity index (χ0) is 17.2. The number of hydrogen-bond acceptors (Lipinski definition) is 5. The first-order chi connectivity index (χ1) is 12.2. The molecule has 8 heteroatoms. The Kier molecular flexibility index (Phi) is 3.70. The Morgan fingerprint density at radius 3 is 3.00 bits per heavy atom. The van der Waals surface area contributed by atoms with Gasteiger partial charge in [0.05, 0.1) is 11.9 Å². The number of aromatic amines is 1. The lowest BCUT2D eigenvalue weighted by molar-refractivity contribution is -0.394. The number of nitrogens with one attached hydrogen (secondary N) is 3. The number of pyridine rings is 2. The van der Waals surface area contributed by atoms with E-state index in [1.54, 1.807) is 29.2 Å². The topological polar surface area (TPSA) is 98.9 Å². The van der Waals surface area contributed by atoms with Crippen molar-refractivity contribution in [1.82, 2.24) is 19.7 Å². The minimum Gasteiger partial charge on any atom is -0.328 e. The molecule has 8 nitrogen and oxygen atoms in total. The first-order valence-corrected chi connectivity index (χ1v) is 7.77. The van der Waals surface area contributed by atoms with E-state index in [9.17, 15) is 4.79 Å². The van der Waals surface area contributed by atoms with Gasteiger partial charge in [-0.2, -0.15) is 10.1 Å². The van der Waals surface area contributed by atoms with Crippen molar-refractivity contribution in [3.05, 3.63) is 73.2 Å². The molecule has 4 heterocycles. The molecule has 2 unspecified atom stereocenters. The van der Waals surface area contributed by atoms with Gasteiger partial charge in [-0.1, -0.05) is 12.6 Å². The smallest absolute Gasteiger partial charge is 0.236 e. The fourth-order valence-electron chi connectivity index (χ4n) is 2.96. The Balaban J connectivity index is 1.74. The number of amides is 1. The highest BCUT2D eigenvalue weighted by molar-refractivity contribution is 5.95. The molecule has 0 saturated heterocycles. The van der Waals surface area contributed by atoms with Crippen LogP contribution in [0.4, 0.5) is 11.6 Å². The molecular formula is C17H16N7O+. The predicted molar refractivity (Wildman–Crippen MR) is 90.3 cm³/mol. The van der Waals surface area contributed by atoms with Crippen molar-refractivity contribution in [2.45, 2.75) is 6.04 Å². The first-order valence-electron chi connectivity index (χ1n) is 7.77. The summed E-state index contributed by atoms with van der Waals surface area (Å²) in [5, 5.41) is 10.2. The molecule has 0 saturated carbocycles. The molecule has 1 aliphatic rings. The molecule has 0 radical (unpaired) electrons. The van der Waals surface area contributed by atoms with Crippen LogP contribution in [0.25, 0.3) is 0 Å². The number of aromatic nitrogens is 5. The minimum atomic E-state index is -0.576. The van der Waals surface area contributed by atoms with Crippen molar-refractivity contribution in [3.63, 3.8) is 0 Å². The SMILES string of the molecule is C=C1Nc2ncnn2C(c2cccc[nH+]2)C1C(=O)Nc1cccnc1. The van der Waals surface area contributed by atoms with E-state index in [1.807, 2.05) is 24.4 Å². The molecule has 1 amide bonds. The van der Waals surface area contributed by atoms with E-state index in [-0.39, 0.29) is 11.9 Å². The van der Waals surface area contributed by atoms with Crippen LogP contribution in [0.1, 0.15) is 11.7 Å². The second kappa shape index (κ2) is 6.16. The molecule has 0 aliphatic carbocycles. The fraction of sp³-hybridized carbons (Fsp3) is 0.118. The van der Waals surface area contributed by atoms with Crippen LogP contribution >= 0.6 is 0 Å². The molecule has 1 aliphatic heterocycles. The van der Waals surface area contributed by atoms with Crippen molar-refractivity contribution in [2.24, 2.45) is 5.92 Å². The summed E-state index contributed by atoms with van der Waals surface area (Å²) < 4.78 is 1.69. The monoisotopic (exact) mass is 334 g/mol. The Labute approximate surface area is 143 Å². The lowest BCUT2D eigenvalue weighted by atomic mass is 9.91. The Bertz CT molecular complexity index is 907. The highest BCUT2D eigenvalue weighted by atomic mass is 16.2. The van der Waals surface area contributed by atoms with Gasteiger partial charge in [0.25, 0.3) is 0 Å². The maximum absolute atomic E-state index is 13.0. The zero-order valence-corrected chi connectivity index (χ0v) is 13.3. The maximum atomic E-state index is 13.0. The van der Waals surface area contributed by atoms with Gasteiger partial charge in [0.2, 0.25) is 17.5 Å². The normalized spacial score (nSPS) is 19.0. The summed E-state index contributed by atoms with van der Waals surface area (Å²) in [6.45, 7) is 4.03. The van der Waals surface area contributed by atoms with E-state index < -0.39 is 5.92 Å². The van der Waals surface area contributed by atoms with Gasteiger partial charge in [0.1, 0.15) is 12.2 Å². The summed E-state index contributed by atoms with van der Waals surface area (Å²) in [5.74, 6) is -0.223. The average Bonchev–Trinajstić information content (AvgIpc) is 3.10. The molecule has 0 aromatic carbocycles. The van der Waals surface area contributed by atoms with E-state index in [2.05, 4.69) is 37.3 Å². The summed E-state index contributed by atoms with van der Waals surface area (Å²) in [6.07, 6.45) is 6.52. The Morgan fingerprint density at radius 1 is 1.32 bits per heavy atom. The zero-order valence-electron chi connectivity index (χ0n) is 13.3. The number of nitrogens with zero attached hydrogens (tertiary/aromatic N) is 4. The van der Waals surface area contributed by atoms with E-state index in [1.165, 1.54) is 6.33 Å². The molecule has 25 heavy (non-hydrogen) atoms. The van der Waals surface area contributed by atoms with Gasteiger partial charge in [0.15, 0.2) is 12.2 Å². The van der Waals surface area contributed by atoms with Gasteiger partial charge in [-0.05, 0) is 12.1 Å².